The molecule has 1 aliphatic heterocycles. The molecule has 0 bridgehead atoms. The molecule has 0 amide bonds. The Labute approximate surface area is 128 Å². The fraction of sp³-hybridized carbons (Fsp3) is 0.400. The molecule has 116 valence electrons. The maximum absolute atomic E-state index is 14.3. The predicted octanol–water partition coefficient (Wildman–Crippen LogP) is 1.48. The van der Waals surface area contributed by atoms with Gasteiger partial charge >= 0.3 is 0 Å². The van der Waals surface area contributed by atoms with Crippen LogP contribution in [0.1, 0.15) is 12.6 Å². The van der Waals surface area contributed by atoms with Crippen molar-refractivity contribution >= 4 is 17.3 Å². The van der Waals surface area contributed by atoms with Crippen molar-refractivity contribution in [2.75, 3.05) is 41.7 Å². The van der Waals surface area contributed by atoms with E-state index in [2.05, 4.69) is 19.9 Å². The van der Waals surface area contributed by atoms with Crippen LogP contribution in [0, 0.1) is 5.82 Å². The number of halogens is 1. The Kier molecular flexibility index (Phi) is 4.04. The maximum atomic E-state index is 14.3. The first-order valence-electron chi connectivity index (χ1n) is 7.40. The van der Waals surface area contributed by atoms with Crippen LogP contribution >= 0.6 is 0 Å². The summed E-state index contributed by atoms with van der Waals surface area (Å²) in [6.07, 6.45) is 3.78. The van der Waals surface area contributed by atoms with Gasteiger partial charge in [-0.05, 0) is 18.6 Å². The lowest BCUT2D eigenvalue weighted by Crippen LogP contribution is -2.47. The predicted molar refractivity (Wildman–Crippen MR) is 84.4 cm³/mol. The van der Waals surface area contributed by atoms with Gasteiger partial charge in [-0.2, -0.15) is 0 Å². The van der Waals surface area contributed by atoms with Crippen LogP contribution in [0.25, 0.3) is 0 Å². The molecule has 0 radical (unpaired) electrons. The summed E-state index contributed by atoms with van der Waals surface area (Å²) in [5.74, 6) is 0.618. The molecule has 0 saturated carbocycles. The van der Waals surface area contributed by atoms with Crippen molar-refractivity contribution in [2.45, 2.75) is 13.3 Å². The topological polar surface area (TPSA) is 71.2 Å². The second kappa shape index (κ2) is 6.13. The van der Waals surface area contributed by atoms with Gasteiger partial charge in [0.05, 0.1) is 17.6 Å². The molecular formula is C15H19FN6. The number of rotatable bonds is 3. The number of hydrogen-bond donors (Lipinski definition) is 1. The summed E-state index contributed by atoms with van der Waals surface area (Å²) in [7, 11) is 0. The Hall–Kier alpha value is -2.44. The molecule has 2 aromatic heterocycles. The fourth-order valence-corrected chi connectivity index (χ4v) is 2.62. The molecule has 2 aromatic rings. The minimum Gasteiger partial charge on any atom is -0.384 e. The number of nitrogens with two attached hydrogens (primary N) is 1. The van der Waals surface area contributed by atoms with Crippen molar-refractivity contribution in [1.82, 2.24) is 15.0 Å². The van der Waals surface area contributed by atoms with E-state index in [1.54, 1.807) is 12.3 Å². The van der Waals surface area contributed by atoms with Crippen molar-refractivity contribution in [3.8, 4) is 0 Å². The van der Waals surface area contributed by atoms with E-state index < -0.39 is 0 Å². The zero-order chi connectivity index (χ0) is 15.5. The highest BCUT2D eigenvalue weighted by Crippen LogP contribution is 2.22. The summed E-state index contributed by atoms with van der Waals surface area (Å²) in [5, 5.41) is 0. The van der Waals surface area contributed by atoms with Crippen LogP contribution in [-0.2, 0) is 6.42 Å². The summed E-state index contributed by atoms with van der Waals surface area (Å²) in [6.45, 7) is 4.89. The average Bonchev–Trinajstić information content (AvgIpc) is 2.56. The van der Waals surface area contributed by atoms with Crippen LogP contribution in [0.3, 0.4) is 0 Å². The summed E-state index contributed by atoms with van der Waals surface area (Å²) in [6, 6.07) is 3.75. The molecule has 1 saturated heterocycles. The number of nitrogens with zero attached hydrogens (tertiary/aromatic N) is 5. The van der Waals surface area contributed by atoms with Crippen molar-refractivity contribution in [3.05, 3.63) is 36.2 Å². The van der Waals surface area contributed by atoms with Crippen LogP contribution in [0.2, 0.25) is 0 Å². The van der Waals surface area contributed by atoms with E-state index in [1.807, 2.05) is 17.9 Å². The van der Waals surface area contributed by atoms with Gasteiger partial charge in [0.1, 0.15) is 12.1 Å². The quantitative estimate of drug-likeness (QED) is 0.926. The molecular weight excluding hydrogens is 283 g/mol. The monoisotopic (exact) mass is 302 g/mol. The molecule has 3 heterocycles. The fourth-order valence-electron chi connectivity index (χ4n) is 2.62. The Morgan fingerprint density at radius 1 is 1.09 bits per heavy atom. The van der Waals surface area contributed by atoms with Gasteiger partial charge in [0.2, 0.25) is 0 Å². The van der Waals surface area contributed by atoms with Gasteiger partial charge in [-0.15, -0.1) is 0 Å². The van der Waals surface area contributed by atoms with Gasteiger partial charge in [-0.3, -0.25) is 0 Å². The lowest BCUT2D eigenvalue weighted by Gasteiger charge is -2.36. The number of hydrogen-bond acceptors (Lipinski definition) is 6. The maximum Gasteiger partial charge on any atom is 0.187 e. The van der Waals surface area contributed by atoms with Crippen LogP contribution in [0.4, 0.5) is 21.7 Å². The van der Waals surface area contributed by atoms with Gasteiger partial charge in [0.25, 0.3) is 0 Å². The number of nitrogen functional groups attached to an aromatic ring is 1. The number of aryl methyl sites for hydroxylation is 1. The van der Waals surface area contributed by atoms with E-state index in [-0.39, 0.29) is 5.82 Å². The average molecular weight is 302 g/mol. The van der Waals surface area contributed by atoms with E-state index in [1.165, 1.54) is 6.33 Å². The molecule has 1 aliphatic rings. The Morgan fingerprint density at radius 2 is 1.82 bits per heavy atom. The number of aromatic nitrogens is 3. The van der Waals surface area contributed by atoms with Crippen molar-refractivity contribution in [3.63, 3.8) is 0 Å². The minimum absolute atomic E-state index is 0.299. The number of piperazine rings is 1. The van der Waals surface area contributed by atoms with Gasteiger partial charge in [0, 0.05) is 26.2 Å². The first-order chi connectivity index (χ1) is 10.7. The highest BCUT2D eigenvalue weighted by Gasteiger charge is 2.22. The highest BCUT2D eigenvalue weighted by atomic mass is 19.1. The standard InChI is InChI=1S/C15H19FN6/c1-2-12-14(16)15(20-10-19-12)22-7-5-21(6-8-22)11-3-4-13(17)18-9-11/h3-4,9-10H,2,5-8H2,1H3,(H2,17,18). The summed E-state index contributed by atoms with van der Waals surface area (Å²) in [4.78, 5) is 16.4. The second-order valence-corrected chi connectivity index (χ2v) is 5.23. The van der Waals surface area contributed by atoms with E-state index in [0.29, 0.717) is 36.8 Å². The molecule has 0 spiro atoms. The molecule has 1 fully saturated rings. The van der Waals surface area contributed by atoms with E-state index in [9.17, 15) is 4.39 Å². The summed E-state index contributed by atoms with van der Waals surface area (Å²) in [5.41, 5.74) is 7.11. The third-order valence-electron chi connectivity index (χ3n) is 3.89. The van der Waals surface area contributed by atoms with Crippen LogP contribution in [-0.4, -0.2) is 41.1 Å². The Morgan fingerprint density at radius 3 is 2.45 bits per heavy atom. The molecule has 2 N–H and O–H groups in total. The second-order valence-electron chi connectivity index (χ2n) is 5.23. The normalized spacial score (nSPS) is 15.2. The number of pyridine rings is 1. The molecule has 3 rings (SSSR count). The lowest BCUT2D eigenvalue weighted by molar-refractivity contribution is 0.569. The summed E-state index contributed by atoms with van der Waals surface area (Å²) >= 11 is 0. The van der Waals surface area contributed by atoms with Crippen molar-refractivity contribution in [1.29, 1.82) is 0 Å². The third-order valence-corrected chi connectivity index (χ3v) is 3.89. The van der Waals surface area contributed by atoms with Crippen molar-refractivity contribution < 1.29 is 4.39 Å². The zero-order valence-electron chi connectivity index (χ0n) is 12.5. The van der Waals surface area contributed by atoms with Gasteiger partial charge in [-0.1, -0.05) is 6.92 Å². The molecule has 7 heteroatoms. The van der Waals surface area contributed by atoms with Gasteiger partial charge < -0.3 is 15.5 Å². The zero-order valence-corrected chi connectivity index (χ0v) is 12.5. The van der Waals surface area contributed by atoms with Crippen LogP contribution in [0.15, 0.2) is 24.7 Å². The molecule has 0 aromatic carbocycles. The Balaban J connectivity index is 1.70. The third kappa shape index (κ3) is 2.79. The van der Waals surface area contributed by atoms with Gasteiger partial charge in [-0.25, -0.2) is 19.3 Å². The number of anilines is 3. The molecule has 0 unspecified atom stereocenters. The Bertz CT molecular complexity index is 637. The largest absolute Gasteiger partial charge is 0.384 e. The van der Waals surface area contributed by atoms with E-state index in [4.69, 9.17) is 5.73 Å². The highest BCUT2D eigenvalue weighted by molar-refractivity contribution is 5.50. The molecule has 6 nitrogen and oxygen atoms in total. The van der Waals surface area contributed by atoms with E-state index in [0.717, 1.165) is 18.8 Å². The van der Waals surface area contributed by atoms with Crippen LogP contribution in [0.5, 0.6) is 0 Å². The SMILES string of the molecule is CCc1ncnc(N2CCN(c3ccc(N)nc3)CC2)c1F. The first kappa shape index (κ1) is 14.5. The molecule has 0 aliphatic carbocycles. The molecule has 22 heavy (non-hydrogen) atoms. The van der Waals surface area contributed by atoms with E-state index >= 15 is 0 Å². The summed E-state index contributed by atoms with van der Waals surface area (Å²) < 4.78 is 14.3. The smallest absolute Gasteiger partial charge is 0.187 e. The molecule has 0 atom stereocenters. The minimum atomic E-state index is -0.299. The van der Waals surface area contributed by atoms with Crippen LogP contribution < -0.4 is 15.5 Å². The lowest BCUT2D eigenvalue weighted by atomic mass is 10.2. The van der Waals surface area contributed by atoms with Gasteiger partial charge in [0.15, 0.2) is 11.6 Å². The first-order valence-corrected chi connectivity index (χ1v) is 7.40. The van der Waals surface area contributed by atoms with Crippen molar-refractivity contribution in [2.24, 2.45) is 0 Å².